The van der Waals surface area contributed by atoms with Crippen molar-refractivity contribution in [1.29, 1.82) is 0 Å². The van der Waals surface area contributed by atoms with Gasteiger partial charge in [-0.3, -0.25) is 4.79 Å². The minimum Gasteiger partial charge on any atom is -0.434 e. The Kier molecular flexibility index (Phi) is 6.08. The average molecular weight is 426 g/mol. The van der Waals surface area contributed by atoms with Crippen molar-refractivity contribution in [2.24, 2.45) is 18.7 Å². The van der Waals surface area contributed by atoms with Crippen LogP contribution in [0.15, 0.2) is 36.7 Å². The molecule has 0 spiro atoms. The molecule has 31 heavy (non-hydrogen) atoms. The van der Waals surface area contributed by atoms with Gasteiger partial charge in [0.1, 0.15) is 18.9 Å². The van der Waals surface area contributed by atoms with E-state index in [9.17, 15) is 9.59 Å². The van der Waals surface area contributed by atoms with Crippen LogP contribution in [0.25, 0.3) is 10.9 Å². The molecular weight excluding hydrogens is 396 g/mol. The number of aromatic nitrogens is 3. The highest BCUT2D eigenvalue weighted by molar-refractivity contribution is 6.11. The number of carbonyl (C=O) groups excluding carboxylic acids is 2. The Hall–Kier alpha value is -3.13. The van der Waals surface area contributed by atoms with Gasteiger partial charge < -0.3 is 19.8 Å². The lowest BCUT2D eigenvalue weighted by molar-refractivity contribution is -0.732. The molecule has 0 saturated carbocycles. The van der Waals surface area contributed by atoms with E-state index in [-0.39, 0.29) is 25.0 Å². The number of nitrogens with two attached hydrogens (primary N) is 1. The fourth-order valence-electron chi connectivity index (χ4n) is 4.35. The van der Waals surface area contributed by atoms with Crippen molar-refractivity contribution in [3.63, 3.8) is 0 Å². The van der Waals surface area contributed by atoms with Crippen LogP contribution in [0.4, 0.5) is 4.79 Å². The van der Waals surface area contributed by atoms with Gasteiger partial charge in [0.15, 0.2) is 5.78 Å². The van der Waals surface area contributed by atoms with E-state index in [0.717, 1.165) is 40.8 Å². The van der Waals surface area contributed by atoms with Crippen molar-refractivity contribution in [3.8, 4) is 0 Å². The highest BCUT2D eigenvalue weighted by Crippen LogP contribution is 2.34. The molecule has 1 aliphatic rings. The number of hydrogen-bond donors (Lipinski definition) is 1. The van der Waals surface area contributed by atoms with Gasteiger partial charge in [-0.15, -0.1) is 0 Å². The van der Waals surface area contributed by atoms with Crippen molar-refractivity contribution < 1.29 is 23.6 Å². The van der Waals surface area contributed by atoms with Gasteiger partial charge in [-0.1, -0.05) is 18.2 Å². The first-order chi connectivity index (χ1) is 15.0. The summed E-state index contributed by atoms with van der Waals surface area (Å²) in [7, 11) is 2.04. The van der Waals surface area contributed by atoms with Gasteiger partial charge in [0.25, 0.3) is 5.82 Å². The molecule has 8 nitrogen and oxygen atoms in total. The summed E-state index contributed by atoms with van der Waals surface area (Å²) >= 11 is 0. The predicted molar refractivity (Wildman–Crippen MR) is 115 cm³/mol. The number of para-hydroxylation sites is 1. The molecule has 1 aromatic carbocycles. The summed E-state index contributed by atoms with van der Waals surface area (Å²) in [5, 5.41) is 1.04. The van der Waals surface area contributed by atoms with Crippen molar-refractivity contribution >= 4 is 22.8 Å². The Labute approximate surface area is 181 Å². The predicted octanol–water partition coefficient (Wildman–Crippen LogP) is 2.48. The third kappa shape index (κ3) is 4.07. The van der Waals surface area contributed by atoms with Crippen molar-refractivity contribution in [3.05, 3.63) is 53.7 Å². The number of carbonyl (C=O) groups is 2. The summed E-state index contributed by atoms with van der Waals surface area (Å²) in [5.74, 6) is 1.03. The van der Waals surface area contributed by atoms with Crippen LogP contribution < -0.4 is 10.3 Å². The molecule has 2 heterocycles. The van der Waals surface area contributed by atoms with Crippen LogP contribution in [-0.4, -0.2) is 34.2 Å². The lowest BCUT2D eigenvalue weighted by Gasteiger charge is -2.21. The Morgan fingerprint density at radius 2 is 2.10 bits per heavy atom. The molecule has 8 heteroatoms. The molecule has 1 unspecified atom stereocenters. The topological polar surface area (TPSA) is 92.4 Å². The van der Waals surface area contributed by atoms with Crippen LogP contribution in [0.2, 0.25) is 0 Å². The van der Waals surface area contributed by atoms with Gasteiger partial charge >= 0.3 is 6.16 Å². The van der Waals surface area contributed by atoms with Gasteiger partial charge in [0.2, 0.25) is 6.73 Å². The Morgan fingerprint density at radius 1 is 1.29 bits per heavy atom. The molecule has 4 rings (SSSR count). The zero-order valence-electron chi connectivity index (χ0n) is 18.0. The van der Waals surface area contributed by atoms with E-state index >= 15 is 0 Å². The number of hydrogen-bond acceptors (Lipinski definition) is 5. The quantitative estimate of drug-likeness (QED) is 0.357. The van der Waals surface area contributed by atoms with Crippen LogP contribution >= 0.6 is 0 Å². The molecule has 0 radical (unpaired) electrons. The number of rotatable bonds is 7. The second-order valence-electron chi connectivity index (χ2n) is 7.98. The standard InChI is InChI=1S/C23H29N4O4/c1-16-26(11-12-27(16)15-31-23(29)30-13-5-10-24)14-17-8-9-20-21(22(17)28)18-6-3-4-7-19(18)25(20)2/h3-4,6-7,11-12,17H,5,8-10,13-15,24H2,1-2H3/q+1. The number of ether oxygens (including phenoxy) is 2. The third-order valence-corrected chi connectivity index (χ3v) is 6.14. The van der Waals surface area contributed by atoms with Crippen molar-refractivity contribution in [1.82, 2.24) is 9.13 Å². The van der Waals surface area contributed by atoms with E-state index in [2.05, 4.69) is 10.6 Å². The normalized spacial score (nSPS) is 15.8. The van der Waals surface area contributed by atoms with E-state index in [1.807, 2.05) is 53.7 Å². The Morgan fingerprint density at radius 3 is 2.90 bits per heavy atom. The highest BCUT2D eigenvalue weighted by atomic mass is 16.7. The third-order valence-electron chi connectivity index (χ3n) is 6.14. The lowest BCUT2D eigenvalue weighted by atomic mass is 9.85. The minimum absolute atomic E-state index is 0.0619. The van der Waals surface area contributed by atoms with Crippen LogP contribution in [-0.2, 0) is 36.2 Å². The Bertz CT molecular complexity index is 1110. The molecule has 2 aromatic heterocycles. The molecule has 2 N–H and O–H groups in total. The van der Waals surface area contributed by atoms with Gasteiger partial charge in [-0.25, -0.2) is 9.36 Å². The molecule has 3 aromatic rings. The van der Waals surface area contributed by atoms with E-state index in [0.29, 0.717) is 19.5 Å². The minimum atomic E-state index is -0.709. The van der Waals surface area contributed by atoms with E-state index < -0.39 is 6.16 Å². The van der Waals surface area contributed by atoms with Crippen molar-refractivity contribution in [2.75, 3.05) is 13.2 Å². The van der Waals surface area contributed by atoms with Crippen molar-refractivity contribution in [2.45, 2.75) is 39.5 Å². The van der Waals surface area contributed by atoms with Gasteiger partial charge in [0, 0.05) is 36.1 Å². The Balaban J connectivity index is 1.44. The number of ketones is 1. The zero-order chi connectivity index (χ0) is 22.0. The van der Waals surface area contributed by atoms with Gasteiger partial charge in [-0.05, 0) is 31.9 Å². The van der Waals surface area contributed by atoms with E-state index in [1.54, 1.807) is 0 Å². The molecule has 1 atom stereocenters. The maximum atomic E-state index is 13.4. The van der Waals surface area contributed by atoms with Crippen LogP contribution in [0.1, 0.15) is 34.7 Å². The first kappa shape index (κ1) is 21.1. The fourth-order valence-corrected chi connectivity index (χ4v) is 4.35. The molecule has 1 aliphatic carbocycles. The van der Waals surface area contributed by atoms with Crippen LogP contribution in [0.3, 0.4) is 0 Å². The first-order valence-corrected chi connectivity index (χ1v) is 10.7. The fraction of sp³-hybridized carbons (Fsp3) is 0.435. The summed E-state index contributed by atoms with van der Waals surface area (Å²) in [6.45, 7) is 3.32. The molecule has 0 amide bonds. The zero-order valence-corrected chi connectivity index (χ0v) is 18.0. The highest BCUT2D eigenvalue weighted by Gasteiger charge is 2.33. The largest absolute Gasteiger partial charge is 0.511 e. The van der Waals surface area contributed by atoms with Crippen LogP contribution in [0, 0.1) is 12.8 Å². The molecule has 0 aliphatic heterocycles. The summed E-state index contributed by atoms with van der Waals surface area (Å²) in [5.41, 5.74) is 8.48. The smallest absolute Gasteiger partial charge is 0.434 e. The molecule has 0 saturated heterocycles. The second-order valence-corrected chi connectivity index (χ2v) is 7.98. The average Bonchev–Trinajstić information content (AvgIpc) is 3.27. The maximum absolute atomic E-state index is 13.4. The van der Waals surface area contributed by atoms with Crippen LogP contribution in [0.5, 0.6) is 0 Å². The summed E-state index contributed by atoms with van der Waals surface area (Å²) in [6.07, 6.45) is 5.36. The molecule has 0 bridgehead atoms. The number of aryl methyl sites for hydroxylation is 1. The molecule has 0 fully saturated rings. The number of nitrogens with zero attached hydrogens (tertiary/aromatic N) is 3. The van der Waals surface area contributed by atoms with E-state index in [4.69, 9.17) is 15.2 Å². The second kappa shape index (κ2) is 8.93. The first-order valence-electron chi connectivity index (χ1n) is 10.7. The maximum Gasteiger partial charge on any atom is 0.511 e. The van der Waals surface area contributed by atoms with E-state index in [1.165, 1.54) is 0 Å². The lowest BCUT2D eigenvalue weighted by Crippen LogP contribution is -2.38. The monoisotopic (exact) mass is 425 g/mol. The number of Topliss-reactive ketones (excluding diaryl/α,β-unsaturated/α-hetero) is 1. The van der Waals surface area contributed by atoms with Gasteiger partial charge in [0.05, 0.1) is 12.5 Å². The van der Waals surface area contributed by atoms with Gasteiger partial charge in [-0.2, -0.15) is 4.57 Å². The molecular formula is C23H29N4O4+. The summed E-state index contributed by atoms with van der Waals surface area (Å²) in [4.78, 5) is 25.0. The summed E-state index contributed by atoms with van der Waals surface area (Å²) < 4.78 is 16.1. The summed E-state index contributed by atoms with van der Waals surface area (Å²) in [6, 6.07) is 8.09. The number of imidazole rings is 1. The number of benzene rings is 1. The SMILES string of the molecule is Cc1n(CC2CCc3c(c4ccccc4n3C)C2=O)cc[n+]1COC(=O)OCCCN. The number of fused-ring (bicyclic) bond motifs is 3. The molecule has 164 valence electrons.